The average Bonchev–Trinajstić information content (AvgIpc) is 2.95. The van der Waals surface area contributed by atoms with Gasteiger partial charge in [0.15, 0.2) is 5.82 Å². The van der Waals surface area contributed by atoms with Crippen LogP contribution in [-0.2, 0) is 16.8 Å². The molecule has 106 valence electrons. The monoisotopic (exact) mass is 263 g/mol. The van der Waals surface area contributed by atoms with Crippen LogP contribution in [0.3, 0.4) is 0 Å². The van der Waals surface area contributed by atoms with E-state index in [1.165, 1.54) is 12.8 Å². The van der Waals surface area contributed by atoms with Gasteiger partial charge in [-0.05, 0) is 38.5 Å². The van der Waals surface area contributed by atoms with Crippen molar-refractivity contribution in [3.05, 3.63) is 17.6 Å². The lowest BCUT2D eigenvalue weighted by Gasteiger charge is -2.26. The largest absolute Gasteiger partial charge is 0.370 e. The van der Waals surface area contributed by atoms with E-state index in [1.807, 2.05) is 0 Å². The summed E-state index contributed by atoms with van der Waals surface area (Å²) in [5.74, 6) is 1.80. The highest BCUT2D eigenvalue weighted by Crippen LogP contribution is 2.40. The molecule has 1 saturated carbocycles. The predicted molar refractivity (Wildman–Crippen MR) is 77.3 cm³/mol. The van der Waals surface area contributed by atoms with Gasteiger partial charge in [0.1, 0.15) is 11.4 Å². The van der Waals surface area contributed by atoms with Crippen LogP contribution in [0.15, 0.2) is 6.07 Å². The molecule has 1 aromatic rings. The number of hydrogen-bond donors (Lipinski definition) is 1. The van der Waals surface area contributed by atoms with Crippen molar-refractivity contribution in [2.45, 2.75) is 58.0 Å². The minimum absolute atomic E-state index is 0.256. The number of anilines is 1. The van der Waals surface area contributed by atoms with E-state index in [4.69, 9.17) is 14.7 Å². The Bertz CT molecular complexity index is 414. The van der Waals surface area contributed by atoms with Crippen LogP contribution in [0.4, 0.5) is 5.82 Å². The van der Waals surface area contributed by atoms with Gasteiger partial charge in [-0.3, -0.25) is 0 Å². The molecule has 1 heterocycles. The van der Waals surface area contributed by atoms with Crippen LogP contribution in [-0.4, -0.2) is 23.6 Å². The van der Waals surface area contributed by atoms with Gasteiger partial charge in [-0.2, -0.15) is 0 Å². The zero-order valence-electron chi connectivity index (χ0n) is 12.3. The molecule has 2 rings (SSSR count). The third-order valence-corrected chi connectivity index (χ3v) is 3.91. The molecule has 1 aliphatic carbocycles. The van der Waals surface area contributed by atoms with Gasteiger partial charge in [-0.15, -0.1) is 0 Å². The van der Waals surface area contributed by atoms with Gasteiger partial charge >= 0.3 is 0 Å². The highest BCUT2D eigenvalue weighted by Gasteiger charge is 2.38. The van der Waals surface area contributed by atoms with Crippen LogP contribution in [0.2, 0.25) is 0 Å². The fourth-order valence-corrected chi connectivity index (χ4v) is 2.69. The number of rotatable bonds is 6. The van der Waals surface area contributed by atoms with Gasteiger partial charge < -0.3 is 10.1 Å². The van der Waals surface area contributed by atoms with Gasteiger partial charge in [0.2, 0.25) is 0 Å². The fraction of sp³-hybridized carbons (Fsp3) is 0.733. The summed E-state index contributed by atoms with van der Waals surface area (Å²) in [7, 11) is 1.78. The first-order valence-electron chi connectivity index (χ1n) is 7.41. The molecule has 0 radical (unpaired) electrons. The molecule has 0 unspecified atom stereocenters. The molecular formula is C15H25N3O. The van der Waals surface area contributed by atoms with Gasteiger partial charge in [0.25, 0.3) is 0 Å². The summed E-state index contributed by atoms with van der Waals surface area (Å²) in [4.78, 5) is 9.41. The summed E-state index contributed by atoms with van der Waals surface area (Å²) in [5.41, 5.74) is 0.834. The van der Waals surface area contributed by atoms with E-state index < -0.39 is 0 Å². The smallest absolute Gasteiger partial charge is 0.162 e. The Labute approximate surface area is 116 Å². The van der Waals surface area contributed by atoms with Crippen LogP contribution in [0.25, 0.3) is 0 Å². The average molecular weight is 263 g/mol. The Morgan fingerprint density at radius 3 is 2.58 bits per heavy atom. The maximum Gasteiger partial charge on any atom is 0.162 e. The van der Waals surface area contributed by atoms with Crippen molar-refractivity contribution < 1.29 is 4.74 Å². The number of methoxy groups -OCH3 is 1. The van der Waals surface area contributed by atoms with Crippen LogP contribution in [0, 0.1) is 0 Å². The normalized spacial score (nSPS) is 17.6. The lowest BCUT2D eigenvalue weighted by atomic mass is 10.0. The molecule has 1 aliphatic rings. The van der Waals surface area contributed by atoms with E-state index in [-0.39, 0.29) is 5.60 Å². The molecule has 0 aliphatic heterocycles. The zero-order valence-corrected chi connectivity index (χ0v) is 12.3. The Hall–Kier alpha value is -1.16. The maximum atomic E-state index is 5.79. The van der Waals surface area contributed by atoms with E-state index in [0.29, 0.717) is 0 Å². The lowest BCUT2D eigenvalue weighted by Crippen LogP contribution is -2.28. The standard InChI is InChI=1S/C15H25N3O/c1-4-10-16-13-11-12(5-2)17-14(18-13)15(19-3)8-6-7-9-15/h11H,4-10H2,1-3H3,(H,16,17,18). The van der Waals surface area contributed by atoms with E-state index in [2.05, 4.69) is 25.2 Å². The third kappa shape index (κ3) is 3.06. The first kappa shape index (κ1) is 14.3. The highest BCUT2D eigenvalue weighted by molar-refractivity contribution is 5.37. The molecule has 0 spiro atoms. The molecule has 19 heavy (non-hydrogen) atoms. The number of aromatic nitrogens is 2. The second-order valence-electron chi connectivity index (χ2n) is 5.25. The second-order valence-corrected chi connectivity index (χ2v) is 5.25. The SMILES string of the molecule is CCCNc1cc(CC)nc(C2(OC)CCCC2)n1. The summed E-state index contributed by atoms with van der Waals surface area (Å²) >= 11 is 0. The first-order valence-corrected chi connectivity index (χ1v) is 7.41. The van der Waals surface area contributed by atoms with Crippen LogP contribution in [0.5, 0.6) is 0 Å². The summed E-state index contributed by atoms with van der Waals surface area (Å²) in [6.45, 7) is 5.23. The van der Waals surface area contributed by atoms with Crippen molar-refractivity contribution in [2.24, 2.45) is 0 Å². The quantitative estimate of drug-likeness (QED) is 0.855. The van der Waals surface area contributed by atoms with Crippen molar-refractivity contribution in [1.82, 2.24) is 9.97 Å². The molecule has 1 fully saturated rings. The summed E-state index contributed by atoms with van der Waals surface area (Å²) in [5, 5.41) is 3.37. The van der Waals surface area contributed by atoms with Gasteiger partial charge in [-0.25, -0.2) is 9.97 Å². The van der Waals surface area contributed by atoms with E-state index in [9.17, 15) is 0 Å². The van der Waals surface area contributed by atoms with Gasteiger partial charge in [0, 0.05) is 25.4 Å². The summed E-state index contributed by atoms with van der Waals surface area (Å²) in [6.07, 6.45) is 6.48. The molecular weight excluding hydrogens is 238 g/mol. The fourth-order valence-electron chi connectivity index (χ4n) is 2.69. The maximum absolute atomic E-state index is 5.79. The van der Waals surface area contributed by atoms with E-state index in [1.54, 1.807) is 7.11 Å². The molecule has 1 aromatic heterocycles. The predicted octanol–water partition coefficient (Wildman–Crippen LogP) is 3.28. The topological polar surface area (TPSA) is 47.0 Å². The summed E-state index contributed by atoms with van der Waals surface area (Å²) < 4.78 is 5.79. The highest BCUT2D eigenvalue weighted by atomic mass is 16.5. The molecule has 0 amide bonds. The number of nitrogens with one attached hydrogen (secondary N) is 1. The molecule has 0 saturated heterocycles. The molecule has 4 heteroatoms. The van der Waals surface area contributed by atoms with Gasteiger partial charge in [0.05, 0.1) is 0 Å². The number of hydrogen-bond acceptors (Lipinski definition) is 4. The molecule has 4 nitrogen and oxygen atoms in total. The number of nitrogens with zero attached hydrogens (tertiary/aromatic N) is 2. The summed E-state index contributed by atoms with van der Waals surface area (Å²) in [6, 6.07) is 2.05. The minimum atomic E-state index is -0.256. The molecule has 0 bridgehead atoms. The number of ether oxygens (including phenoxy) is 1. The van der Waals surface area contributed by atoms with Crippen LogP contribution < -0.4 is 5.32 Å². The molecule has 0 aromatic carbocycles. The van der Waals surface area contributed by atoms with Crippen LogP contribution in [0.1, 0.15) is 57.5 Å². The number of aryl methyl sites for hydroxylation is 1. The Kier molecular flexibility index (Phi) is 4.75. The second kappa shape index (κ2) is 6.33. The molecule has 1 N–H and O–H groups in total. The Morgan fingerprint density at radius 1 is 1.26 bits per heavy atom. The Balaban J connectivity index is 2.32. The Morgan fingerprint density at radius 2 is 2.00 bits per heavy atom. The molecule has 0 atom stereocenters. The van der Waals surface area contributed by atoms with Crippen molar-refractivity contribution in [3.8, 4) is 0 Å². The first-order chi connectivity index (χ1) is 9.24. The van der Waals surface area contributed by atoms with Crippen molar-refractivity contribution in [3.63, 3.8) is 0 Å². The minimum Gasteiger partial charge on any atom is -0.370 e. The third-order valence-electron chi connectivity index (χ3n) is 3.91. The van der Waals surface area contributed by atoms with Crippen molar-refractivity contribution in [1.29, 1.82) is 0 Å². The van der Waals surface area contributed by atoms with Crippen LogP contribution >= 0.6 is 0 Å². The van der Waals surface area contributed by atoms with Crippen molar-refractivity contribution in [2.75, 3.05) is 19.0 Å². The zero-order chi connectivity index (χ0) is 13.7. The van der Waals surface area contributed by atoms with Gasteiger partial charge in [-0.1, -0.05) is 13.8 Å². The van der Waals surface area contributed by atoms with E-state index >= 15 is 0 Å². The van der Waals surface area contributed by atoms with E-state index in [0.717, 1.165) is 49.6 Å². The lowest BCUT2D eigenvalue weighted by molar-refractivity contribution is -0.0163. The van der Waals surface area contributed by atoms with Crippen molar-refractivity contribution >= 4 is 5.82 Å².